The fourth-order valence-corrected chi connectivity index (χ4v) is 3.87. The third-order valence-electron chi connectivity index (χ3n) is 5.97. The minimum Gasteiger partial charge on any atom is -0.337 e. The summed E-state index contributed by atoms with van der Waals surface area (Å²) in [5, 5.41) is 2.85. The van der Waals surface area contributed by atoms with Crippen molar-refractivity contribution in [3.8, 4) is 0 Å². The van der Waals surface area contributed by atoms with Crippen LogP contribution in [0.25, 0.3) is 0 Å². The molecule has 7 heteroatoms. The summed E-state index contributed by atoms with van der Waals surface area (Å²) in [6, 6.07) is 14.1. The van der Waals surface area contributed by atoms with Crippen LogP contribution in [0.2, 0.25) is 0 Å². The number of likely N-dealkylation sites (N-methyl/N-ethyl adjacent to an activating group) is 1. The first-order valence-electron chi connectivity index (χ1n) is 10.5. The van der Waals surface area contributed by atoms with Crippen molar-refractivity contribution in [2.75, 3.05) is 13.6 Å². The van der Waals surface area contributed by atoms with Gasteiger partial charge in [0.25, 0.3) is 5.91 Å². The summed E-state index contributed by atoms with van der Waals surface area (Å²) in [5.74, 6) is -1.14. The Morgan fingerprint density at radius 2 is 1.77 bits per heavy atom. The molecule has 1 fully saturated rings. The molecule has 0 saturated carbocycles. The SMILES string of the molecule is CCCCC1(c2ccccc2)NC(=O)N(CC(=O)N(C)C(C)c2ccc(F)cc2)C1=O. The smallest absolute Gasteiger partial charge is 0.325 e. The van der Waals surface area contributed by atoms with E-state index in [0.29, 0.717) is 12.0 Å². The third-order valence-corrected chi connectivity index (χ3v) is 5.97. The first kappa shape index (κ1) is 22.5. The molecule has 0 radical (unpaired) electrons. The lowest BCUT2D eigenvalue weighted by Crippen LogP contribution is -2.45. The van der Waals surface area contributed by atoms with Crippen LogP contribution >= 0.6 is 0 Å². The zero-order valence-electron chi connectivity index (χ0n) is 18.1. The Labute approximate surface area is 182 Å². The standard InChI is InChI=1S/C24H28FN3O3/c1-4-5-15-24(19-9-7-6-8-10-19)22(30)28(23(31)26-24)16-21(29)27(3)17(2)18-11-13-20(25)14-12-18/h6-14,17H,4-5,15-16H2,1-3H3,(H,26,31). The molecule has 6 nitrogen and oxygen atoms in total. The van der Waals surface area contributed by atoms with Crippen LogP contribution in [-0.4, -0.2) is 41.2 Å². The number of amides is 4. The van der Waals surface area contributed by atoms with Crippen molar-refractivity contribution in [3.63, 3.8) is 0 Å². The predicted molar refractivity (Wildman–Crippen MR) is 115 cm³/mol. The zero-order chi connectivity index (χ0) is 22.6. The molecule has 1 aliphatic heterocycles. The van der Waals surface area contributed by atoms with Crippen molar-refractivity contribution in [3.05, 3.63) is 71.5 Å². The number of halogens is 1. The molecule has 4 amide bonds. The zero-order valence-corrected chi connectivity index (χ0v) is 18.1. The Hall–Kier alpha value is -3.22. The number of unbranched alkanes of at least 4 members (excludes halogenated alkanes) is 1. The lowest BCUT2D eigenvalue weighted by atomic mass is 9.85. The molecule has 2 aromatic rings. The number of hydrogen-bond donors (Lipinski definition) is 1. The molecule has 0 spiro atoms. The number of imide groups is 1. The largest absolute Gasteiger partial charge is 0.337 e. The van der Waals surface area contributed by atoms with Crippen LogP contribution in [0.3, 0.4) is 0 Å². The van der Waals surface area contributed by atoms with Gasteiger partial charge in [-0.05, 0) is 36.6 Å². The molecule has 0 aromatic heterocycles. The Morgan fingerprint density at radius 3 is 2.39 bits per heavy atom. The number of urea groups is 1. The molecule has 1 aliphatic rings. The molecular weight excluding hydrogens is 397 g/mol. The van der Waals surface area contributed by atoms with E-state index in [9.17, 15) is 18.8 Å². The first-order chi connectivity index (χ1) is 14.8. The quantitative estimate of drug-likeness (QED) is 0.651. The van der Waals surface area contributed by atoms with Gasteiger partial charge >= 0.3 is 6.03 Å². The van der Waals surface area contributed by atoms with Gasteiger partial charge < -0.3 is 10.2 Å². The highest BCUT2D eigenvalue weighted by Crippen LogP contribution is 2.34. The molecule has 1 N–H and O–H groups in total. The van der Waals surface area contributed by atoms with Crippen molar-refractivity contribution in [2.45, 2.75) is 44.7 Å². The monoisotopic (exact) mass is 425 g/mol. The fourth-order valence-electron chi connectivity index (χ4n) is 3.87. The van der Waals surface area contributed by atoms with E-state index in [-0.39, 0.29) is 24.3 Å². The van der Waals surface area contributed by atoms with E-state index in [4.69, 9.17) is 0 Å². The van der Waals surface area contributed by atoms with Crippen LogP contribution in [0.15, 0.2) is 54.6 Å². The molecule has 0 aliphatic carbocycles. The molecular formula is C24H28FN3O3. The van der Waals surface area contributed by atoms with Gasteiger partial charge in [0.1, 0.15) is 17.9 Å². The number of nitrogens with zero attached hydrogens (tertiary/aromatic N) is 2. The highest BCUT2D eigenvalue weighted by molar-refractivity contribution is 6.09. The van der Waals surface area contributed by atoms with Gasteiger partial charge in [-0.15, -0.1) is 0 Å². The summed E-state index contributed by atoms with van der Waals surface area (Å²) in [6.45, 7) is 3.48. The normalized spacial score (nSPS) is 19.3. The van der Waals surface area contributed by atoms with Gasteiger partial charge in [-0.3, -0.25) is 14.5 Å². The predicted octanol–water partition coefficient (Wildman–Crippen LogP) is 3.98. The van der Waals surface area contributed by atoms with E-state index in [1.54, 1.807) is 19.2 Å². The van der Waals surface area contributed by atoms with E-state index in [0.717, 1.165) is 23.3 Å². The summed E-state index contributed by atoms with van der Waals surface area (Å²) < 4.78 is 13.2. The molecule has 3 rings (SSSR count). The van der Waals surface area contributed by atoms with E-state index >= 15 is 0 Å². The second-order valence-corrected chi connectivity index (χ2v) is 7.93. The summed E-state index contributed by atoms with van der Waals surface area (Å²) >= 11 is 0. The second-order valence-electron chi connectivity index (χ2n) is 7.93. The molecule has 1 heterocycles. The lowest BCUT2D eigenvalue weighted by Gasteiger charge is -2.28. The molecule has 0 bridgehead atoms. The molecule has 2 aromatic carbocycles. The van der Waals surface area contributed by atoms with E-state index < -0.39 is 17.5 Å². The number of rotatable bonds is 8. The van der Waals surface area contributed by atoms with E-state index in [1.807, 2.05) is 44.2 Å². The molecule has 31 heavy (non-hydrogen) atoms. The molecule has 2 unspecified atom stereocenters. The van der Waals surface area contributed by atoms with Gasteiger partial charge in [0.05, 0.1) is 6.04 Å². The summed E-state index contributed by atoms with van der Waals surface area (Å²) in [4.78, 5) is 41.5. The average molecular weight is 426 g/mol. The van der Waals surface area contributed by atoms with Crippen LogP contribution in [-0.2, 0) is 15.1 Å². The Morgan fingerprint density at radius 1 is 1.13 bits per heavy atom. The third kappa shape index (κ3) is 4.45. The topological polar surface area (TPSA) is 69.7 Å². The van der Waals surface area contributed by atoms with Crippen molar-refractivity contribution >= 4 is 17.8 Å². The fraction of sp³-hybridized carbons (Fsp3) is 0.375. The van der Waals surface area contributed by atoms with Gasteiger partial charge in [0.2, 0.25) is 5.91 Å². The minimum absolute atomic E-state index is 0.340. The highest BCUT2D eigenvalue weighted by atomic mass is 19.1. The second kappa shape index (κ2) is 9.29. The Bertz CT molecular complexity index is 948. The number of nitrogens with one attached hydrogen (secondary N) is 1. The number of benzene rings is 2. The lowest BCUT2D eigenvalue weighted by molar-refractivity contribution is -0.139. The number of carbonyl (C=O) groups excluding carboxylic acids is 3. The van der Waals surface area contributed by atoms with Crippen molar-refractivity contribution in [1.29, 1.82) is 0 Å². The van der Waals surface area contributed by atoms with Crippen LogP contribution in [0.4, 0.5) is 9.18 Å². The van der Waals surface area contributed by atoms with E-state index in [1.165, 1.54) is 17.0 Å². The van der Waals surface area contributed by atoms with Gasteiger partial charge in [-0.25, -0.2) is 9.18 Å². The molecule has 2 atom stereocenters. The summed E-state index contributed by atoms with van der Waals surface area (Å²) in [6.07, 6.45) is 2.09. The van der Waals surface area contributed by atoms with Gasteiger partial charge in [-0.1, -0.05) is 62.2 Å². The molecule has 1 saturated heterocycles. The maximum Gasteiger partial charge on any atom is 0.325 e. The summed E-state index contributed by atoms with van der Waals surface area (Å²) in [5.41, 5.74) is 0.316. The van der Waals surface area contributed by atoms with Crippen LogP contribution in [0, 0.1) is 5.82 Å². The summed E-state index contributed by atoms with van der Waals surface area (Å²) in [7, 11) is 1.61. The maximum absolute atomic E-state index is 13.4. The van der Waals surface area contributed by atoms with Crippen molar-refractivity contribution in [1.82, 2.24) is 15.1 Å². The molecule has 164 valence electrons. The average Bonchev–Trinajstić information content (AvgIpc) is 3.02. The highest BCUT2D eigenvalue weighted by Gasteiger charge is 2.52. The minimum atomic E-state index is -1.16. The van der Waals surface area contributed by atoms with Gasteiger partial charge in [0.15, 0.2) is 0 Å². The number of hydrogen-bond acceptors (Lipinski definition) is 3. The maximum atomic E-state index is 13.4. The van der Waals surface area contributed by atoms with Crippen LogP contribution < -0.4 is 5.32 Å². The van der Waals surface area contributed by atoms with E-state index in [2.05, 4.69) is 5.32 Å². The van der Waals surface area contributed by atoms with Crippen molar-refractivity contribution < 1.29 is 18.8 Å². The first-order valence-corrected chi connectivity index (χ1v) is 10.5. The van der Waals surface area contributed by atoms with Crippen molar-refractivity contribution in [2.24, 2.45) is 0 Å². The van der Waals surface area contributed by atoms with Gasteiger partial charge in [0, 0.05) is 7.05 Å². The van der Waals surface area contributed by atoms with Crippen LogP contribution in [0.1, 0.15) is 50.3 Å². The Balaban J connectivity index is 1.79. The number of carbonyl (C=O) groups is 3. The van der Waals surface area contributed by atoms with Gasteiger partial charge in [-0.2, -0.15) is 0 Å². The van der Waals surface area contributed by atoms with Crippen LogP contribution in [0.5, 0.6) is 0 Å². The Kier molecular flexibility index (Phi) is 6.73.